The molecule has 0 bridgehead atoms. The Balaban J connectivity index is 2.58. The molecule has 1 fully saturated rings. The van der Waals surface area contributed by atoms with Crippen LogP contribution in [-0.2, 0) is 0 Å². The van der Waals surface area contributed by atoms with Gasteiger partial charge in [0.05, 0.1) is 6.10 Å². The second-order valence-corrected chi connectivity index (χ2v) is 5.21. The highest BCUT2D eigenvalue weighted by Gasteiger charge is 2.35. The van der Waals surface area contributed by atoms with Gasteiger partial charge in [0.2, 0.25) is 0 Å². The molecule has 0 radical (unpaired) electrons. The van der Waals surface area contributed by atoms with Gasteiger partial charge in [-0.2, -0.15) is 0 Å². The van der Waals surface area contributed by atoms with Crippen molar-refractivity contribution in [3.05, 3.63) is 0 Å². The molecule has 0 aliphatic heterocycles. The van der Waals surface area contributed by atoms with Crippen molar-refractivity contribution in [1.29, 1.82) is 0 Å². The molecule has 3 heteroatoms. The average Bonchev–Trinajstić information content (AvgIpc) is 2.30. The minimum Gasteiger partial charge on any atom is -0.393 e. The molecule has 0 aromatic rings. The molecule has 0 aromatic carbocycles. The first-order chi connectivity index (χ1) is 7.64. The monoisotopic (exact) mass is 228 g/mol. The maximum absolute atomic E-state index is 9.39. The molecule has 0 saturated heterocycles. The molecule has 1 rings (SSSR count). The van der Waals surface area contributed by atoms with E-state index in [-0.39, 0.29) is 11.6 Å². The molecule has 96 valence electrons. The maximum Gasteiger partial charge on any atom is 0.0524 e. The number of rotatable bonds is 6. The summed E-state index contributed by atoms with van der Waals surface area (Å²) in [6, 6.07) is 0. The van der Waals surface area contributed by atoms with Gasteiger partial charge in [0.25, 0.3) is 0 Å². The lowest BCUT2D eigenvalue weighted by Gasteiger charge is -2.46. The van der Waals surface area contributed by atoms with E-state index in [2.05, 4.69) is 11.8 Å². The van der Waals surface area contributed by atoms with Crippen LogP contribution < -0.4 is 5.73 Å². The van der Waals surface area contributed by atoms with E-state index in [1.807, 2.05) is 6.92 Å². The van der Waals surface area contributed by atoms with Crippen molar-refractivity contribution in [1.82, 2.24) is 4.90 Å². The normalized spacial score (nSPS) is 22.3. The van der Waals surface area contributed by atoms with Gasteiger partial charge in [-0.3, -0.25) is 4.90 Å². The molecule has 1 aliphatic rings. The van der Waals surface area contributed by atoms with E-state index in [0.717, 1.165) is 26.1 Å². The van der Waals surface area contributed by atoms with E-state index >= 15 is 0 Å². The van der Waals surface area contributed by atoms with E-state index in [0.29, 0.717) is 0 Å². The third-order valence-electron chi connectivity index (χ3n) is 4.03. The molecule has 0 heterocycles. The molecule has 16 heavy (non-hydrogen) atoms. The minimum atomic E-state index is -0.201. The Kier molecular flexibility index (Phi) is 5.73. The molecule has 0 amide bonds. The molecule has 1 atom stereocenters. The van der Waals surface area contributed by atoms with Crippen LogP contribution in [0.3, 0.4) is 0 Å². The van der Waals surface area contributed by atoms with Crippen LogP contribution in [0.25, 0.3) is 0 Å². The first-order valence-corrected chi connectivity index (χ1v) is 6.78. The zero-order valence-corrected chi connectivity index (χ0v) is 10.9. The third-order valence-corrected chi connectivity index (χ3v) is 4.03. The number of nitrogens with zero attached hydrogens (tertiary/aromatic N) is 1. The highest BCUT2D eigenvalue weighted by molar-refractivity contribution is 4.93. The van der Waals surface area contributed by atoms with E-state index in [1.54, 1.807) is 0 Å². The molecular formula is C13H28N2O. The summed E-state index contributed by atoms with van der Waals surface area (Å²) >= 11 is 0. The fourth-order valence-corrected chi connectivity index (χ4v) is 2.93. The lowest BCUT2D eigenvalue weighted by molar-refractivity contribution is 0.0475. The van der Waals surface area contributed by atoms with Gasteiger partial charge in [0.1, 0.15) is 0 Å². The van der Waals surface area contributed by atoms with E-state index < -0.39 is 0 Å². The summed E-state index contributed by atoms with van der Waals surface area (Å²) < 4.78 is 0. The topological polar surface area (TPSA) is 49.5 Å². The van der Waals surface area contributed by atoms with Crippen LogP contribution in [0.1, 0.15) is 52.4 Å². The average molecular weight is 228 g/mol. The molecule has 3 N–H and O–H groups in total. The fraction of sp³-hybridized carbons (Fsp3) is 1.00. The van der Waals surface area contributed by atoms with Gasteiger partial charge in [-0.1, -0.05) is 26.2 Å². The number of aliphatic hydroxyl groups excluding tert-OH is 1. The summed E-state index contributed by atoms with van der Waals surface area (Å²) in [6.45, 7) is 6.85. The van der Waals surface area contributed by atoms with Gasteiger partial charge in [0, 0.05) is 18.6 Å². The summed E-state index contributed by atoms with van der Waals surface area (Å²) in [5, 5.41) is 9.39. The lowest BCUT2D eigenvalue weighted by Crippen LogP contribution is -2.55. The van der Waals surface area contributed by atoms with Gasteiger partial charge in [-0.05, 0) is 32.7 Å². The first-order valence-electron chi connectivity index (χ1n) is 6.78. The van der Waals surface area contributed by atoms with Crippen LogP contribution in [0.5, 0.6) is 0 Å². The molecule has 1 saturated carbocycles. The predicted molar refractivity (Wildman–Crippen MR) is 68.4 cm³/mol. The van der Waals surface area contributed by atoms with Gasteiger partial charge in [0.15, 0.2) is 0 Å². The van der Waals surface area contributed by atoms with Crippen LogP contribution in [0.2, 0.25) is 0 Å². The van der Waals surface area contributed by atoms with Gasteiger partial charge in [-0.15, -0.1) is 0 Å². The second-order valence-electron chi connectivity index (χ2n) is 5.21. The van der Waals surface area contributed by atoms with Crippen LogP contribution in [-0.4, -0.2) is 41.3 Å². The zero-order valence-electron chi connectivity index (χ0n) is 10.9. The number of nitrogens with two attached hydrogens (primary N) is 1. The van der Waals surface area contributed by atoms with E-state index in [4.69, 9.17) is 5.73 Å². The summed E-state index contributed by atoms with van der Waals surface area (Å²) in [4.78, 5) is 2.50. The number of aliphatic hydroxyl groups is 1. The van der Waals surface area contributed by atoms with Crippen molar-refractivity contribution in [3.8, 4) is 0 Å². The summed E-state index contributed by atoms with van der Waals surface area (Å²) in [7, 11) is 0. The Bertz CT molecular complexity index is 188. The van der Waals surface area contributed by atoms with E-state index in [1.165, 1.54) is 32.1 Å². The first kappa shape index (κ1) is 13.9. The number of hydrogen-bond acceptors (Lipinski definition) is 3. The summed E-state index contributed by atoms with van der Waals surface area (Å²) in [6.07, 6.45) is 7.09. The molecule has 1 aliphatic carbocycles. The van der Waals surface area contributed by atoms with Gasteiger partial charge < -0.3 is 10.8 Å². The van der Waals surface area contributed by atoms with Crippen molar-refractivity contribution >= 4 is 0 Å². The molecular weight excluding hydrogens is 200 g/mol. The fourth-order valence-electron chi connectivity index (χ4n) is 2.93. The highest BCUT2D eigenvalue weighted by atomic mass is 16.3. The van der Waals surface area contributed by atoms with Crippen LogP contribution in [0, 0.1) is 0 Å². The van der Waals surface area contributed by atoms with Crippen LogP contribution in [0.15, 0.2) is 0 Å². The SMILES string of the molecule is CCN(CCC(C)O)C1(CN)CCCCC1. The van der Waals surface area contributed by atoms with Crippen LogP contribution in [0.4, 0.5) is 0 Å². The van der Waals surface area contributed by atoms with Crippen molar-refractivity contribution in [2.75, 3.05) is 19.6 Å². The Morgan fingerprint density at radius 3 is 2.38 bits per heavy atom. The molecule has 0 spiro atoms. The Hall–Kier alpha value is -0.120. The Morgan fingerprint density at radius 1 is 1.31 bits per heavy atom. The highest BCUT2D eigenvalue weighted by Crippen LogP contribution is 2.32. The molecule has 0 aromatic heterocycles. The zero-order chi connectivity index (χ0) is 12.0. The number of hydrogen-bond donors (Lipinski definition) is 2. The summed E-state index contributed by atoms with van der Waals surface area (Å²) in [5.74, 6) is 0. The standard InChI is InChI=1S/C13H28N2O/c1-3-15(10-7-12(2)16)13(11-14)8-5-4-6-9-13/h12,16H,3-11,14H2,1-2H3. The largest absolute Gasteiger partial charge is 0.393 e. The molecule has 1 unspecified atom stereocenters. The Morgan fingerprint density at radius 2 is 1.94 bits per heavy atom. The third kappa shape index (κ3) is 3.44. The van der Waals surface area contributed by atoms with Gasteiger partial charge in [-0.25, -0.2) is 0 Å². The minimum absolute atomic E-state index is 0.201. The predicted octanol–water partition coefficient (Wildman–Crippen LogP) is 1.74. The van der Waals surface area contributed by atoms with Crippen molar-refractivity contribution in [3.63, 3.8) is 0 Å². The van der Waals surface area contributed by atoms with Crippen molar-refractivity contribution in [2.24, 2.45) is 5.73 Å². The van der Waals surface area contributed by atoms with E-state index in [9.17, 15) is 5.11 Å². The second kappa shape index (κ2) is 6.58. The van der Waals surface area contributed by atoms with Crippen molar-refractivity contribution in [2.45, 2.75) is 64.0 Å². The van der Waals surface area contributed by atoms with Crippen molar-refractivity contribution < 1.29 is 5.11 Å². The number of likely N-dealkylation sites (N-methyl/N-ethyl adjacent to an activating group) is 1. The maximum atomic E-state index is 9.39. The Labute approximate surface area is 100 Å². The van der Waals surface area contributed by atoms with Gasteiger partial charge >= 0.3 is 0 Å². The lowest BCUT2D eigenvalue weighted by atomic mass is 9.80. The quantitative estimate of drug-likeness (QED) is 0.728. The summed E-state index contributed by atoms with van der Waals surface area (Å²) in [5.41, 5.74) is 6.24. The smallest absolute Gasteiger partial charge is 0.0524 e. The van der Waals surface area contributed by atoms with Crippen LogP contribution >= 0.6 is 0 Å². The molecule has 3 nitrogen and oxygen atoms in total.